The molecule has 0 spiro atoms. The molecule has 0 radical (unpaired) electrons. The maximum atomic E-state index is 13.3. The van der Waals surface area contributed by atoms with Crippen molar-refractivity contribution in [1.82, 2.24) is 4.98 Å². The van der Waals surface area contributed by atoms with Gasteiger partial charge >= 0.3 is 0 Å². The minimum atomic E-state index is -0.905. The molecule has 1 atom stereocenters. The Hall–Kier alpha value is -2.64. The van der Waals surface area contributed by atoms with Gasteiger partial charge in [0, 0.05) is 34.1 Å². The van der Waals surface area contributed by atoms with Crippen LogP contribution in [0.15, 0.2) is 65.0 Å². The molecule has 0 saturated carbocycles. The Morgan fingerprint density at radius 1 is 1.19 bits per heavy atom. The van der Waals surface area contributed by atoms with Gasteiger partial charge in [-0.2, -0.15) is 0 Å². The standard InChI is InChI=1S/C20H15N3O2S2/c24-17-8-9-20(23(17)15-6-1-2-7-16(15)27-20)19(25)22-14-5-3-4-13(12-14)18-21-10-11-26-18/h1-7,10-12H,8-9H2,(H,22,25)/t20-/m1/s1. The molecule has 5 nitrogen and oxygen atoms in total. The molecule has 0 aliphatic carbocycles. The molecule has 3 heterocycles. The highest BCUT2D eigenvalue weighted by Crippen LogP contribution is 2.56. The average Bonchev–Trinajstić information content (AvgIpc) is 3.38. The fraction of sp³-hybridized carbons (Fsp3) is 0.150. The number of hydrogen-bond acceptors (Lipinski definition) is 5. The molecule has 7 heteroatoms. The molecule has 3 aromatic rings. The van der Waals surface area contributed by atoms with Crippen LogP contribution >= 0.6 is 23.1 Å². The van der Waals surface area contributed by atoms with E-state index in [0.717, 1.165) is 21.2 Å². The molecule has 27 heavy (non-hydrogen) atoms. The monoisotopic (exact) mass is 393 g/mol. The lowest BCUT2D eigenvalue weighted by Gasteiger charge is -2.29. The third-order valence-corrected chi connectivity index (χ3v) is 7.12. The minimum absolute atomic E-state index is 0.000800. The Balaban J connectivity index is 1.47. The zero-order valence-corrected chi connectivity index (χ0v) is 15.8. The summed E-state index contributed by atoms with van der Waals surface area (Å²) in [6.07, 6.45) is 2.65. The molecule has 1 saturated heterocycles. The molecule has 2 aromatic carbocycles. The summed E-state index contributed by atoms with van der Waals surface area (Å²) in [6, 6.07) is 15.3. The first kappa shape index (κ1) is 16.5. The summed E-state index contributed by atoms with van der Waals surface area (Å²) in [6.45, 7) is 0. The van der Waals surface area contributed by atoms with Crippen molar-refractivity contribution in [2.24, 2.45) is 0 Å². The van der Waals surface area contributed by atoms with Crippen molar-refractivity contribution in [1.29, 1.82) is 0 Å². The molecule has 0 unspecified atom stereocenters. The average molecular weight is 393 g/mol. The third kappa shape index (κ3) is 2.57. The molecule has 2 aliphatic heterocycles. The van der Waals surface area contributed by atoms with E-state index in [1.807, 2.05) is 53.9 Å². The van der Waals surface area contributed by atoms with E-state index >= 15 is 0 Å². The maximum Gasteiger partial charge on any atom is 0.261 e. The lowest BCUT2D eigenvalue weighted by Crippen LogP contribution is -2.49. The fourth-order valence-electron chi connectivity index (χ4n) is 3.62. The van der Waals surface area contributed by atoms with E-state index in [2.05, 4.69) is 10.3 Å². The number of amides is 2. The number of anilines is 2. The lowest BCUT2D eigenvalue weighted by molar-refractivity contribution is -0.121. The van der Waals surface area contributed by atoms with Gasteiger partial charge in [0.05, 0.1) is 5.69 Å². The number of carbonyl (C=O) groups is 2. The number of thiazole rings is 1. The van der Waals surface area contributed by atoms with Crippen LogP contribution < -0.4 is 10.2 Å². The topological polar surface area (TPSA) is 62.3 Å². The van der Waals surface area contributed by atoms with Crippen molar-refractivity contribution in [3.05, 3.63) is 60.1 Å². The number of hydrogen-bond donors (Lipinski definition) is 1. The van der Waals surface area contributed by atoms with E-state index in [4.69, 9.17) is 0 Å². The number of carbonyl (C=O) groups excluding carboxylic acids is 2. The zero-order chi connectivity index (χ0) is 18.4. The van der Waals surface area contributed by atoms with Gasteiger partial charge in [0.1, 0.15) is 5.01 Å². The Bertz CT molecular complexity index is 1050. The Kier molecular flexibility index (Phi) is 3.80. The molecule has 5 rings (SSSR count). The SMILES string of the molecule is O=C1CC[C@]2(C(=O)Nc3cccc(-c4nccs4)c3)Sc3ccccc3N12. The van der Waals surface area contributed by atoms with Crippen LogP contribution in [-0.2, 0) is 9.59 Å². The third-order valence-electron chi connectivity index (χ3n) is 4.83. The van der Waals surface area contributed by atoms with E-state index in [1.54, 1.807) is 22.4 Å². The van der Waals surface area contributed by atoms with Crippen LogP contribution in [0.25, 0.3) is 10.6 Å². The summed E-state index contributed by atoms with van der Waals surface area (Å²) in [5.74, 6) is -0.162. The van der Waals surface area contributed by atoms with Gasteiger partial charge < -0.3 is 5.32 Å². The molecular weight excluding hydrogens is 378 g/mol. The second-order valence-corrected chi connectivity index (χ2v) is 8.67. The molecule has 2 aliphatic rings. The Morgan fingerprint density at radius 2 is 2.07 bits per heavy atom. The van der Waals surface area contributed by atoms with Gasteiger partial charge in [0.15, 0.2) is 4.87 Å². The van der Waals surface area contributed by atoms with Crippen LogP contribution in [0, 0.1) is 0 Å². The first-order valence-corrected chi connectivity index (χ1v) is 10.3. The number of benzene rings is 2. The number of nitrogens with one attached hydrogen (secondary N) is 1. The van der Waals surface area contributed by atoms with E-state index in [-0.39, 0.29) is 11.8 Å². The summed E-state index contributed by atoms with van der Waals surface area (Å²) in [5, 5.41) is 5.86. The van der Waals surface area contributed by atoms with Gasteiger partial charge in [-0.05, 0) is 30.7 Å². The van der Waals surface area contributed by atoms with Gasteiger partial charge in [-0.25, -0.2) is 4.98 Å². The highest BCUT2D eigenvalue weighted by molar-refractivity contribution is 8.02. The smallest absolute Gasteiger partial charge is 0.261 e. The van der Waals surface area contributed by atoms with E-state index < -0.39 is 4.87 Å². The lowest BCUT2D eigenvalue weighted by atomic mass is 10.1. The molecule has 134 valence electrons. The quantitative estimate of drug-likeness (QED) is 0.717. The van der Waals surface area contributed by atoms with E-state index in [0.29, 0.717) is 18.5 Å². The largest absolute Gasteiger partial charge is 0.323 e. The highest BCUT2D eigenvalue weighted by atomic mass is 32.2. The van der Waals surface area contributed by atoms with E-state index in [9.17, 15) is 9.59 Å². The van der Waals surface area contributed by atoms with Crippen LogP contribution in [0.4, 0.5) is 11.4 Å². The van der Waals surface area contributed by atoms with Crippen molar-refractivity contribution in [2.45, 2.75) is 22.6 Å². The number of rotatable bonds is 3. The van der Waals surface area contributed by atoms with Crippen LogP contribution in [0.1, 0.15) is 12.8 Å². The van der Waals surface area contributed by atoms with Gasteiger partial charge in [0.25, 0.3) is 5.91 Å². The summed E-state index contributed by atoms with van der Waals surface area (Å²) >= 11 is 3.02. The first-order valence-electron chi connectivity index (χ1n) is 8.60. The number of nitrogens with zero attached hydrogens (tertiary/aromatic N) is 2. The second-order valence-electron chi connectivity index (χ2n) is 6.46. The normalized spacial score (nSPS) is 20.4. The maximum absolute atomic E-state index is 13.3. The van der Waals surface area contributed by atoms with Crippen molar-refractivity contribution in [2.75, 3.05) is 10.2 Å². The second kappa shape index (κ2) is 6.21. The summed E-state index contributed by atoms with van der Waals surface area (Å²) in [5.41, 5.74) is 2.50. The van der Waals surface area contributed by atoms with Crippen LogP contribution in [-0.4, -0.2) is 21.7 Å². The van der Waals surface area contributed by atoms with Crippen molar-refractivity contribution in [3.8, 4) is 10.6 Å². The predicted octanol–water partition coefficient (Wildman–Crippen LogP) is 4.38. The summed E-state index contributed by atoms with van der Waals surface area (Å²) < 4.78 is 0. The molecule has 0 bridgehead atoms. The van der Waals surface area contributed by atoms with Crippen molar-refractivity contribution >= 4 is 46.3 Å². The summed E-state index contributed by atoms with van der Waals surface area (Å²) in [7, 11) is 0. The van der Waals surface area contributed by atoms with Crippen molar-refractivity contribution < 1.29 is 9.59 Å². The first-order chi connectivity index (χ1) is 13.2. The van der Waals surface area contributed by atoms with Crippen LogP contribution in [0.3, 0.4) is 0 Å². The Morgan fingerprint density at radius 3 is 2.93 bits per heavy atom. The predicted molar refractivity (Wildman–Crippen MR) is 108 cm³/mol. The van der Waals surface area contributed by atoms with Gasteiger partial charge in [-0.15, -0.1) is 11.3 Å². The zero-order valence-electron chi connectivity index (χ0n) is 14.2. The summed E-state index contributed by atoms with van der Waals surface area (Å²) in [4.78, 5) is 31.9. The van der Waals surface area contributed by atoms with Crippen molar-refractivity contribution in [3.63, 3.8) is 0 Å². The molecule has 2 amide bonds. The molecule has 1 N–H and O–H groups in total. The van der Waals surface area contributed by atoms with E-state index in [1.165, 1.54) is 11.8 Å². The fourth-order valence-corrected chi connectivity index (χ4v) is 5.67. The Labute approximate surface area is 164 Å². The molecular formula is C20H15N3O2S2. The molecule has 1 fully saturated rings. The van der Waals surface area contributed by atoms with Gasteiger partial charge in [0.2, 0.25) is 5.91 Å². The number of para-hydroxylation sites is 1. The number of fused-ring (bicyclic) bond motifs is 3. The molecule has 1 aromatic heterocycles. The number of aromatic nitrogens is 1. The van der Waals surface area contributed by atoms with Crippen LogP contribution in [0.5, 0.6) is 0 Å². The van der Waals surface area contributed by atoms with Crippen LogP contribution in [0.2, 0.25) is 0 Å². The van der Waals surface area contributed by atoms with Gasteiger partial charge in [-0.1, -0.05) is 36.0 Å². The minimum Gasteiger partial charge on any atom is -0.323 e. The highest BCUT2D eigenvalue weighted by Gasteiger charge is 2.57. The number of thioether (sulfide) groups is 1. The van der Waals surface area contributed by atoms with Gasteiger partial charge in [-0.3, -0.25) is 14.5 Å².